The van der Waals surface area contributed by atoms with Gasteiger partial charge in [0.25, 0.3) is 0 Å². The van der Waals surface area contributed by atoms with Crippen molar-refractivity contribution in [2.75, 3.05) is 5.88 Å². The molecule has 1 aliphatic rings. The van der Waals surface area contributed by atoms with E-state index in [-0.39, 0.29) is 0 Å². The van der Waals surface area contributed by atoms with Crippen LogP contribution in [0.2, 0.25) is 0 Å². The van der Waals surface area contributed by atoms with E-state index in [1.165, 1.54) is 31.2 Å². The number of hydrogen-bond acceptors (Lipinski definition) is 2. The van der Waals surface area contributed by atoms with Crippen LogP contribution in [0.3, 0.4) is 0 Å². The number of aryl methyl sites for hydroxylation is 3. The highest BCUT2D eigenvalue weighted by Gasteiger charge is 2.21. The van der Waals surface area contributed by atoms with E-state index in [9.17, 15) is 0 Å². The van der Waals surface area contributed by atoms with Gasteiger partial charge in [-0.2, -0.15) is 0 Å². The molecule has 102 valence electrons. The number of pyridine rings is 1. The molecule has 3 rings (SSSR count). The van der Waals surface area contributed by atoms with E-state index < -0.39 is 0 Å². The van der Waals surface area contributed by atoms with Gasteiger partial charge in [-0.05, 0) is 37.3 Å². The van der Waals surface area contributed by atoms with Crippen LogP contribution in [0.5, 0.6) is 0 Å². The number of rotatable bonds is 6. The summed E-state index contributed by atoms with van der Waals surface area (Å²) in [4.78, 5) is 9.25. The number of halogens is 1. The maximum Gasteiger partial charge on any atom is 0.160 e. The van der Waals surface area contributed by atoms with Gasteiger partial charge < -0.3 is 4.57 Å². The molecule has 2 aromatic heterocycles. The Bertz CT molecular complexity index is 572. The van der Waals surface area contributed by atoms with Gasteiger partial charge >= 0.3 is 0 Å². The van der Waals surface area contributed by atoms with Gasteiger partial charge in [0, 0.05) is 25.0 Å². The van der Waals surface area contributed by atoms with Crippen molar-refractivity contribution >= 4 is 22.8 Å². The second-order valence-corrected chi connectivity index (χ2v) is 5.88. The number of hydrogen-bond donors (Lipinski definition) is 0. The molecule has 19 heavy (non-hydrogen) atoms. The lowest BCUT2D eigenvalue weighted by atomic mass is 10.2. The smallest absolute Gasteiger partial charge is 0.160 e. The van der Waals surface area contributed by atoms with Crippen molar-refractivity contribution in [3.63, 3.8) is 0 Å². The molecule has 1 saturated carbocycles. The van der Waals surface area contributed by atoms with Crippen molar-refractivity contribution in [3.05, 3.63) is 23.7 Å². The van der Waals surface area contributed by atoms with Crippen LogP contribution in [0.15, 0.2) is 12.3 Å². The lowest BCUT2D eigenvalue weighted by molar-refractivity contribution is 0.569. The summed E-state index contributed by atoms with van der Waals surface area (Å²) < 4.78 is 2.27. The molecule has 0 aromatic carbocycles. The fraction of sp³-hybridized carbons (Fsp3) is 0.600. The number of alkyl halides is 1. The van der Waals surface area contributed by atoms with Crippen molar-refractivity contribution in [1.29, 1.82) is 0 Å². The molecule has 0 radical (unpaired) electrons. The largest absolute Gasteiger partial charge is 0.313 e. The van der Waals surface area contributed by atoms with E-state index in [4.69, 9.17) is 16.6 Å². The van der Waals surface area contributed by atoms with Crippen molar-refractivity contribution in [2.24, 2.45) is 5.92 Å². The fourth-order valence-electron chi connectivity index (χ4n) is 2.64. The zero-order valence-corrected chi connectivity index (χ0v) is 12.2. The highest BCUT2D eigenvalue weighted by molar-refractivity contribution is 6.17. The number of fused-ring (bicyclic) bond motifs is 1. The molecule has 1 aliphatic carbocycles. The van der Waals surface area contributed by atoms with Crippen LogP contribution >= 0.6 is 11.6 Å². The quantitative estimate of drug-likeness (QED) is 0.754. The monoisotopic (exact) mass is 277 g/mol. The summed E-state index contributed by atoms with van der Waals surface area (Å²) in [6.45, 7) is 3.12. The summed E-state index contributed by atoms with van der Waals surface area (Å²) in [6.07, 6.45) is 8.11. The van der Waals surface area contributed by atoms with Crippen LogP contribution in [-0.4, -0.2) is 20.4 Å². The highest BCUT2D eigenvalue weighted by Crippen LogP contribution is 2.33. The van der Waals surface area contributed by atoms with E-state index in [1.54, 1.807) is 0 Å². The topological polar surface area (TPSA) is 30.7 Å². The summed E-state index contributed by atoms with van der Waals surface area (Å²) >= 11 is 5.90. The molecule has 3 nitrogen and oxygen atoms in total. The minimum atomic E-state index is 0.616. The summed E-state index contributed by atoms with van der Waals surface area (Å²) in [5.41, 5.74) is 3.26. The molecular weight excluding hydrogens is 258 g/mol. The Hall–Kier alpha value is -1.09. The molecule has 0 spiro atoms. The van der Waals surface area contributed by atoms with E-state index in [2.05, 4.69) is 16.5 Å². The molecule has 1 fully saturated rings. The number of nitrogens with zero attached hydrogens (tertiary/aromatic N) is 3. The van der Waals surface area contributed by atoms with Crippen LogP contribution in [0, 0.1) is 12.8 Å². The molecule has 0 amide bonds. The zero-order chi connectivity index (χ0) is 13.2. The normalized spacial score (nSPS) is 15.3. The van der Waals surface area contributed by atoms with Crippen LogP contribution < -0.4 is 0 Å². The molecule has 0 N–H and O–H groups in total. The molecule has 4 heteroatoms. The van der Waals surface area contributed by atoms with Gasteiger partial charge in [-0.1, -0.05) is 12.8 Å². The van der Waals surface area contributed by atoms with Crippen LogP contribution in [0.1, 0.15) is 37.1 Å². The first-order chi connectivity index (χ1) is 9.29. The molecular formula is C15H20ClN3. The van der Waals surface area contributed by atoms with Gasteiger partial charge in [-0.3, -0.25) is 0 Å². The molecule has 2 aromatic rings. The van der Waals surface area contributed by atoms with Crippen LogP contribution in [-0.2, 0) is 13.0 Å². The van der Waals surface area contributed by atoms with E-state index in [0.717, 1.165) is 35.9 Å². The second kappa shape index (κ2) is 5.49. The Kier molecular flexibility index (Phi) is 3.74. The first-order valence-electron chi connectivity index (χ1n) is 7.16. The fourth-order valence-corrected chi connectivity index (χ4v) is 2.81. The number of imidazole rings is 1. The standard InChI is InChI=1S/C15H20ClN3/c1-11-7-9-17-15-14(11)18-13(6-8-16)19(15)10-2-3-12-4-5-12/h7,9,12H,2-6,8,10H2,1H3. The molecule has 0 saturated heterocycles. The van der Waals surface area contributed by atoms with Gasteiger partial charge in [0.15, 0.2) is 5.65 Å². The average molecular weight is 278 g/mol. The van der Waals surface area contributed by atoms with Crippen molar-refractivity contribution in [1.82, 2.24) is 14.5 Å². The molecule has 0 bridgehead atoms. The maximum atomic E-state index is 5.90. The predicted molar refractivity (Wildman–Crippen MR) is 78.6 cm³/mol. The first kappa shape index (κ1) is 12.9. The first-order valence-corrected chi connectivity index (χ1v) is 7.69. The predicted octanol–water partition coefficient (Wildman–Crippen LogP) is 3.71. The Morgan fingerprint density at radius 2 is 2.26 bits per heavy atom. The number of aromatic nitrogens is 3. The van der Waals surface area contributed by atoms with E-state index >= 15 is 0 Å². The van der Waals surface area contributed by atoms with Gasteiger partial charge in [-0.25, -0.2) is 9.97 Å². The minimum Gasteiger partial charge on any atom is -0.313 e. The van der Waals surface area contributed by atoms with Gasteiger partial charge in [0.2, 0.25) is 0 Å². The Morgan fingerprint density at radius 1 is 1.42 bits per heavy atom. The summed E-state index contributed by atoms with van der Waals surface area (Å²) in [5, 5.41) is 0. The Labute approximate surface area is 119 Å². The Balaban J connectivity index is 1.88. The maximum absolute atomic E-state index is 5.90. The molecule has 0 unspecified atom stereocenters. The van der Waals surface area contributed by atoms with Gasteiger partial charge in [0.1, 0.15) is 11.3 Å². The lowest BCUT2D eigenvalue weighted by Gasteiger charge is -2.07. The average Bonchev–Trinajstić information content (AvgIpc) is 3.15. The Morgan fingerprint density at radius 3 is 3.00 bits per heavy atom. The summed E-state index contributed by atoms with van der Waals surface area (Å²) in [7, 11) is 0. The van der Waals surface area contributed by atoms with Gasteiger partial charge in [-0.15, -0.1) is 11.6 Å². The molecule has 0 aliphatic heterocycles. The zero-order valence-electron chi connectivity index (χ0n) is 11.4. The summed E-state index contributed by atoms with van der Waals surface area (Å²) in [5.74, 6) is 2.69. The van der Waals surface area contributed by atoms with E-state index in [1.807, 2.05) is 12.3 Å². The van der Waals surface area contributed by atoms with Gasteiger partial charge in [0.05, 0.1) is 0 Å². The van der Waals surface area contributed by atoms with Crippen molar-refractivity contribution in [3.8, 4) is 0 Å². The lowest BCUT2D eigenvalue weighted by Crippen LogP contribution is -2.06. The third-order valence-corrected chi connectivity index (χ3v) is 4.11. The molecule has 2 heterocycles. The van der Waals surface area contributed by atoms with Crippen molar-refractivity contribution < 1.29 is 0 Å². The minimum absolute atomic E-state index is 0.616. The second-order valence-electron chi connectivity index (χ2n) is 5.50. The SMILES string of the molecule is Cc1ccnc2c1nc(CCCl)n2CCCC1CC1. The van der Waals surface area contributed by atoms with Crippen molar-refractivity contribution in [2.45, 2.75) is 45.6 Å². The third-order valence-electron chi connectivity index (χ3n) is 3.92. The summed E-state index contributed by atoms with van der Waals surface area (Å²) in [6, 6.07) is 2.02. The third kappa shape index (κ3) is 2.76. The van der Waals surface area contributed by atoms with Crippen LogP contribution in [0.25, 0.3) is 11.2 Å². The van der Waals surface area contributed by atoms with E-state index in [0.29, 0.717) is 5.88 Å². The van der Waals surface area contributed by atoms with Crippen LogP contribution in [0.4, 0.5) is 0 Å². The highest BCUT2D eigenvalue weighted by atomic mass is 35.5. The molecule has 0 atom stereocenters.